The molecule has 0 aliphatic heterocycles. The van der Waals surface area contributed by atoms with Gasteiger partial charge in [0.2, 0.25) is 0 Å². The number of rotatable bonds is 4. The van der Waals surface area contributed by atoms with Crippen molar-refractivity contribution in [3.63, 3.8) is 0 Å². The van der Waals surface area contributed by atoms with Crippen molar-refractivity contribution < 1.29 is 4.79 Å². The minimum atomic E-state index is -0.283. The van der Waals surface area contributed by atoms with Gasteiger partial charge in [0.15, 0.2) is 5.13 Å². The Morgan fingerprint density at radius 1 is 1.41 bits per heavy atom. The molecule has 2 N–H and O–H groups in total. The second kappa shape index (κ2) is 7.89. The second-order valence-electron chi connectivity index (χ2n) is 5.74. The zero-order valence-corrected chi connectivity index (χ0v) is 16.0. The Labute approximate surface area is 161 Å². The van der Waals surface area contributed by atoms with Crippen LogP contribution in [0.2, 0.25) is 0 Å². The molecule has 7 heteroatoms. The van der Waals surface area contributed by atoms with Gasteiger partial charge in [0.25, 0.3) is 0 Å². The minimum absolute atomic E-state index is 0.283. The molecule has 27 heavy (non-hydrogen) atoms. The molecule has 0 saturated carbocycles. The van der Waals surface area contributed by atoms with Crippen LogP contribution in [0.15, 0.2) is 43.9 Å². The fourth-order valence-electron chi connectivity index (χ4n) is 2.39. The van der Waals surface area contributed by atoms with Crippen molar-refractivity contribution >= 4 is 38.3 Å². The highest BCUT2D eigenvalue weighted by molar-refractivity contribution is 7.22. The van der Waals surface area contributed by atoms with Crippen LogP contribution in [-0.4, -0.2) is 27.1 Å². The fraction of sp³-hybridized carbons (Fsp3) is 0.150. The van der Waals surface area contributed by atoms with Gasteiger partial charge in [0, 0.05) is 19.2 Å². The maximum absolute atomic E-state index is 11.8. The number of thiazole rings is 1. The molecule has 136 valence electrons. The minimum Gasteiger partial charge on any atom is -0.338 e. The van der Waals surface area contributed by atoms with Crippen LogP contribution in [0.1, 0.15) is 23.7 Å². The summed E-state index contributed by atoms with van der Waals surface area (Å²) >= 11 is 1.38. The van der Waals surface area contributed by atoms with Crippen molar-refractivity contribution in [2.75, 3.05) is 11.9 Å². The molecule has 0 spiro atoms. The number of hydrogen-bond donors (Lipinski definition) is 2. The van der Waals surface area contributed by atoms with Crippen molar-refractivity contribution in [2.45, 2.75) is 6.92 Å². The highest BCUT2D eigenvalue weighted by atomic mass is 32.1. The number of fused-ring (bicyclic) bond motifs is 1. The van der Waals surface area contributed by atoms with Gasteiger partial charge in [-0.1, -0.05) is 36.5 Å². The van der Waals surface area contributed by atoms with Crippen molar-refractivity contribution in [3.05, 3.63) is 60.7 Å². The number of nitrogens with one attached hydrogen (secondary N) is 2. The number of nitrogens with zero attached hydrogens (tertiary/aromatic N) is 3. The Balaban J connectivity index is 2.08. The molecule has 3 aromatic rings. The quantitative estimate of drug-likeness (QED) is 0.537. The van der Waals surface area contributed by atoms with Crippen molar-refractivity contribution in [3.8, 4) is 11.8 Å². The van der Waals surface area contributed by atoms with Crippen LogP contribution in [-0.2, 0) is 7.05 Å². The number of aryl methyl sites for hydroxylation is 1. The van der Waals surface area contributed by atoms with Gasteiger partial charge in [-0.25, -0.2) is 14.8 Å². The van der Waals surface area contributed by atoms with Crippen molar-refractivity contribution in [2.24, 2.45) is 7.05 Å². The van der Waals surface area contributed by atoms with Crippen LogP contribution in [0, 0.1) is 11.8 Å². The lowest BCUT2D eigenvalue weighted by Gasteiger charge is -2.02. The molecule has 0 unspecified atom stereocenters. The molecule has 0 atom stereocenters. The second-order valence-corrected chi connectivity index (χ2v) is 6.74. The Hall–Kier alpha value is -3.37. The molecule has 6 nitrogen and oxygen atoms in total. The summed E-state index contributed by atoms with van der Waals surface area (Å²) in [6, 6.07) is 3.60. The number of carbonyl (C=O) groups excluding carboxylic acids is 1. The van der Waals surface area contributed by atoms with Crippen LogP contribution in [0.5, 0.6) is 0 Å². The summed E-state index contributed by atoms with van der Waals surface area (Å²) in [5, 5.41) is 5.96. The van der Waals surface area contributed by atoms with Crippen LogP contribution in [0.3, 0.4) is 0 Å². The van der Waals surface area contributed by atoms with Crippen molar-refractivity contribution in [1.29, 1.82) is 0 Å². The zero-order valence-electron chi connectivity index (χ0n) is 15.2. The largest absolute Gasteiger partial charge is 0.338 e. The van der Waals surface area contributed by atoms with Gasteiger partial charge < -0.3 is 9.88 Å². The standard InChI is InChI=1S/C20H19N5OS/c1-5-13(3)15-9-14(7-8-16-11-21-12-25(16)4)18-17(10-15)23-20(27-18)24-19(26)22-6-2/h5,9-12H,1,3,6H2,2,4H3,(H2,22,23,24,26). The van der Waals surface area contributed by atoms with Gasteiger partial charge in [0.1, 0.15) is 5.69 Å². The normalized spacial score (nSPS) is 10.1. The summed E-state index contributed by atoms with van der Waals surface area (Å²) in [5.41, 5.74) is 4.05. The van der Waals surface area contributed by atoms with E-state index in [4.69, 9.17) is 0 Å². The van der Waals surface area contributed by atoms with Crippen LogP contribution in [0.25, 0.3) is 15.8 Å². The number of hydrogen-bond acceptors (Lipinski definition) is 4. The summed E-state index contributed by atoms with van der Waals surface area (Å²) < 4.78 is 2.75. The zero-order chi connectivity index (χ0) is 19.4. The van der Waals surface area contributed by atoms with Gasteiger partial charge in [0.05, 0.1) is 22.7 Å². The molecule has 0 radical (unpaired) electrons. The molecule has 2 amide bonds. The molecule has 2 aromatic heterocycles. The van der Waals surface area contributed by atoms with Crippen LogP contribution < -0.4 is 10.6 Å². The predicted octanol–water partition coefficient (Wildman–Crippen LogP) is 3.77. The number of aromatic nitrogens is 3. The smallest absolute Gasteiger partial charge is 0.321 e. The molecule has 0 bridgehead atoms. The van der Waals surface area contributed by atoms with Crippen molar-refractivity contribution in [1.82, 2.24) is 19.9 Å². The van der Waals surface area contributed by atoms with Gasteiger partial charge in [-0.15, -0.1) is 0 Å². The SMILES string of the molecule is C=CC(=C)c1cc(C#Cc2cncn2C)c2sc(NC(=O)NCC)nc2c1. The fourth-order valence-corrected chi connectivity index (χ4v) is 3.30. The molecule has 0 fully saturated rings. The van der Waals surface area contributed by atoms with Gasteiger partial charge in [-0.05, 0) is 36.1 Å². The molecule has 3 rings (SSSR count). The summed E-state index contributed by atoms with van der Waals surface area (Å²) in [7, 11) is 1.89. The molecule has 1 aromatic carbocycles. The van der Waals surface area contributed by atoms with Gasteiger partial charge >= 0.3 is 6.03 Å². The number of benzene rings is 1. The van der Waals surface area contributed by atoms with Crippen LogP contribution >= 0.6 is 11.3 Å². The van der Waals surface area contributed by atoms with E-state index in [-0.39, 0.29) is 6.03 Å². The lowest BCUT2D eigenvalue weighted by Crippen LogP contribution is -2.28. The lowest BCUT2D eigenvalue weighted by molar-refractivity contribution is 0.252. The van der Waals surface area contributed by atoms with E-state index in [1.807, 2.05) is 30.7 Å². The average molecular weight is 377 g/mol. The summed E-state index contributed by atoms with van der Waals surface area (Å²) in [5.74, 6) is 6.33. The lowest BCUT2D eigenvalue weighted by atomic mass is 10.0. The summed E-state index contributed by atoms with van der Waals surface area (Å²) in [6.45, 7) is 10.2. The van der Waals surface area contributed by atoms with Crippen LogP contribution in [0.4, 0.5) is 9.93 Å². The molecule has 0 aliphatic carbocycles. The molecule has 2 heterocycles. The Morgan fingerprint density at radius 3 is 2.89 bits per heavy atom. The third-order valence-electron chi connectivity index (χ3n) is 3.81. The Bertz CT molecular complexity index is 1100. The van der Waals surface area contributed by atoms with E-state index in [2.05, 4.69) is 45.6 Å². The number of carbonyl (C=O) groups is 1. The van der Waals surface area contributed by atoms with Gasteiger partial charge in [-0.3, -0.25) is 5.32 Å². The Morgan fingerprint density at radius 2 is 2.22 bits per heavy atom. The first-order chi connectivity index (χ1) is 13.0. The molecular formula is C20H19N5OS. The summed E-state index contributed by atoms with van der Waals surface area (Å²) in [4.78, 5) is 20.4. The average Bonchev–Trinajstić information content (AvgIpc) is 3.24. The van der Waals surface area contributed by atoms with E-state index in [1.54, 1.807) is 18.6 Å². The van der Waals surface area contributed by atoms with E-state index in [1.165, 1.54) is 11.3 Å². The first-order valence-corrected chi connectivity index (χ1v) is 9.13. The highest BCUT2D eigenvalue weighted by Gasteiger charge is 2.12. The van der Waals surface area contributed by atoms with E-state index < -0.39 is 0 Å². The van der Waals surface area contributed by atoms with E-state index in [0.29, 0.717) is 11.7 Å². The maximum atomic E-state index is 11.8. The highest BCUT2D eigenvalue weighted by Crippen LogP contribution is 2.31. The first-order valence-electron chi connectivity index (χ1n) is 8.31. The number of allylic oxidation sites excluding steroid dienone is 2. The topological polar surface area (TPSA) is 71.8 Å². The third kappa shape index (κ3) is 4.07. The third-order valence-corrected chi connectivity index (χ3v) is 4.83. The number of amides is 2. The molecule has 0 aliphatic rings. The number of anilines is 1. The monoisotopic (exact) mass is 377 g/mol. The molecule has 0 saturated heterocycles. The van der Waals surface area contributed by atoms with E-state index >= 15 is 0 Å². The van der Waals surface area contributed by atoms with E-state index in [0.717, 1.165) is 32.6 Å². The predicted molar refractivity (Wildman–Crippen MR) is 111 cm³/mol. The number of imidazole rings is 1. The Kier molecular flexibility index (Phi) is 5.38. The van der Waals surface area contributed by atoms with E-state index in [9.17, 15) is 4.79 Å². The maximum Gasteiger partial charge on any atom is 0.321 e. The first kappa shape index (κ1) is 18.4. The van der Waals surface area contributed by atoms with Gasteiger partial charge in [-0.2, -0.15) is 0 Å². The molecular weight excluding hydrogens is 358 g/mol. The summed E-state index contributed by atoms with van der Waals surface area (Å²) in [6.07, 6.45) is 5.11. The number of urea groups is 1.